The Labute approximate surface area is 111 Å². The molecule has 1 atom stereocenters. The molecule has 106 valence electrons. The van der Waals surface area contributed by atoms with Crippen LogP contribution in [0, 0.1) is 0 Å². The molecule has 0 aliphatic rings. The van der Waals surface area contributed by atoms with E-state index in [1.165, 1.54) is 12.3 Å². The van der Waals surface area contributed by atoms with Crippen LogP contribution in [0.1, 0.15) is 10.6 Å². The number of rotatable bonds is 7. The Balaban J connectivity index is 2.19. The Hall–Kier alpha value is -1.86. The van der Waals surface area contributed by atoms with Gasteiger partial charge in [0.2, 0.25) is 5.91 Å². The van der Waals surface area contributed by atoms with E-state index in [0.717, 1.165) is 0 Å². The quantitative estimate of drug-likeness (QED) is 0.593. The zero-order valence-electron chi connectivity index (χ0n) is 11.0. The van der Waals surface area contributed by atoms with Crippen LogP contribution in [0.3, 0.4) is 0 Å². The molecule has 0 aliphatic heterocycles. The third-order valence-corrected chi connectivity index (χ3v) is 2.27. The van der Waals surface area contributed by atoms with E-state index in [-0.39, 0.29) is 24.8 Å². The summed E-state index contributed by atoms with van der Waals surface area (Å²) < 4.78 is 4.88. The molecule has 0 saturated carbocycles. The second-order valence-electron chi connectivity index (χ2n) is 4.38. The van der Waals surface area contributed by atoms with Crippen molar-refractivity contribution in [2.24, 2.45) is 0 Å². The Bertz CT molecular complexity index is 403. The third kappa shape index (κ3) is 6.03. The van der Waals surface area contributed by atoms with E-state index in [1.54, 1.807) is 6.07 Å². The van der Waals surface area contributed by atoms with Crippen molar-refractivity contribution in [3.63, 3.8) is 0 Å². The first-order valence-corrected chi connectivity index (χ1v) is 5.90. The number of aliphatic hydroxyl groups excluding tert-OH is 1. The minimum Gasteiger partial charge on any atom is -0.459 e. The fraction of sp³-hybridized carbons (Fsp3) is 0.500. The lowest BCUT2D eigenvalue weighted by Crippen LogP contribution is -2.42. The molecule has 2 amide bonds. The molecule has 0 spiro atoms. The number of carbonyl (C=O) groups excluding carboxylic acids is 2. The van der Waals surface area contributed by atoms with E-state index >= 15 is 0 Å². The molecule has 1 aromatic heterocycles. The molecule has 1 rings (SSSR count). The molecule has 7 heteroatoms. The average molecular weight is 269 g/mol. The summed E-state index contributed by atoms with van der Waals surface area (Å²) in [5.74, 6) is -0.660. The molecular formula is C12H19N3O4. The highest BCUT2D eigenvalue weighted by Crippen LogP contribution is 1.98. The van der Waals surface area contributed by atoms with Crippen molar-refractivity contribution in [3.05, 3.63) is 24.2 Å². The number of hydrogen-bond donors (Lipinski definition) is 3. The first-order valence-electron chi connectivity index (χ1n) is 5.90. The van der Waals surface area contributed by atoms with Crippen LogP contribution in [-0.4, -0.2) is 61.7 Å². The van der Waals surface area contributed by atoms with Crippen LogP contribution in [0.15, 0.2) is 22.8 Å². The Morgan fingerprint density at radius 1 is 1.42 bits per heavy atom. The van der Waals surface area contributed by atoms with Gasteiger partial charge in [0.25, 0.3) is 5.91 Å². The monoisotopic (exact) mass is 269 g/mol. The van der Waals surface area contributed by atoms with Crippen molar-refractivity contribution in [1.82, 2.24) is 15.5 Å². The largest absolute Gasteiger partial charge is 0.459 e. The number of likely N-dealkylation sites (N-methyl/N-ethyl adjacent to an activating group) is 1. The summed E-state index contributed by atoms with van der Waals surface area (Å²) in [6.07, 6.45) is 0.742. The summed E-state index contributed by atoms with van der Waals surface area (Å²) >= 11 is 0. The molecule has 1 aromatic rings. The van der Waals surface area contributed by atoms with Gasteiger partial charge in [-0.2, -0.15) is 0 Å². The molecule has 1 heterocycles. The summed E-state index contributed by atoms with van der Waals surface area (Å²) in [5, 5.41) is 14.5. The van der Waals surface area contributed by atoms with Gasteiger partial charge in [0.05, 0.1) is 18.9 Å². The van der Waals surface area contributed by atoms with Gasteiger partial charge in [-0.05, 0) is 26.2 Å². The summed E-state index contributed by atoms with van der Waals surface area (Å²) in [4.78, 5) is 24.7. The van der Waals surface area contributed by atoms with Gasteiger partial charge in [-0.15, -0.1) is 0 Å². The normalized spacial score (nSPS) is 12.2. The number of amides is 2. The van der Waals surface area contributed by atoms with Gasteiger partial charge in [-0.3, -0.25) is 9.59 Å². The number of carbonyl (C=O) groups is 2. The SMILES string of the molecule is CN(C)CC(O)CNC(=O)CNC(=O)c1ccco1. The van der Waals surface area contributed by atoms with Crippen molar-refractivity contribution in [2.45, 2.75) is 6.10 Å². The number of aliphatic hydroxyl groups is 1. The number of nitrogens with zero attached hydrogens (tertiary/aromatic N) is 1. The standard InChI is InChI=1S/C12H19N3O4/c1-15(2)8-9(16)6-13-11(17)7-14-12(18)10-4-3-5-19-10/h3-5,9,16H,6-8H2,1-2H3,(H,13,17)(H,14,18). The van der Waals surface area contributed by atoms with Crippen molar-refractivity contribution in [1.29, 1.82) is 0 Å². The lowest BCUT2D eigenvalue weighted by Gasteiger charge is -2.16. The highest BCUT2D eigenvalue weighted by molar-refractivity contribution is 5.94. The molecule has 7 nitrogen and oxygen atoms in total. The molecule has 1 unspecified atom stereocenters. The number of hydrogen-bond acceptors (Lipinski definition) is 5. The molecule has 0 bridgehead atoms. The highest BCUT2D eigenvalue weighted by atomic mass is 16.3. The first kappa shape index (κ1) is 15.2. The van der Waals surface area contributed by atoms with Gasteiger partial charge in [0, 0.05) is 13.1 Å². The Morgan fingerprint density at radius 2 is 2.16 bits per heavy atom. The fourth-order valence-electron chi connectivity index (χ4n) is 1.44. The van der Waals surface area contributed by atoms with Crippen molar-refractivity contribution in [3.8, 4) is 0 Å². The predicted molar refractivity (Wildman–Crippen MR) is 68.6 cm³/mol. The van der Waals surface area contributed by atoms with Crippen molar-refractivity contribution >= 4 is 11.8 Å². The minimum absolute atomic E-state index is 0.146. The van der Waals surface area contributed by atoms with Gasteiger partial charge >= 0.3 is 0 Å². The maximum Gasteiger partial charge on any atom is 0.287 e. The Morgan fingerprint density at radius 3 is 2.74 bits per heavy atom. The summed E-state index contributed by atoms with van der Waals surface area (Å²) in [5.41, 5.74) is 0. The molecule has 0 saturated heterocycles. The van der Waals surface area contributed by atoms with E-state index in [2.05, 4.69) is 10.6 Å². The predicted octanol–water partition coefficient (Wildman–Crippen LogP) is -0.952. The van der Waals surface area contributed by atoms with Gasteiger partial charge < -0.3 is 25.1 Å². The minimum atomic E-state index is -0.639. The molecule has 0 aliphatic carbocycles. The lowest BCUT2D eigenvalue weighted by molar-refractivity contribution is -0.120. The molecular weight excluding hydrogens is 250 g/mol. The van der Waals surface area contributed by atoms with E-state index in [9.17, 15) is 14.7 Å². The average Bonchev–Trinajstić information content (AvgIpc) is 2.86. The van der Waals surface area contributed by atoms with Gasteiger partial charge in [-0.25, -0.2) is 0 Å². The molecule has 19 heavy (non-hydrogen) atoms. The number of furan rings is 1. The third-order valence-electron chi connectivity index (χ3n) is 2.27. The Kier molecular flexibility index (Phi) is 6.04. The summed E-state index contributed by atoms with van der Waals surface area (Å²) in [6.45, 7) is 0.445. The molecule has 0 aromatic carbocycles. The maximum atomic E-state index is 11.5. The van der Waals surface area contributed by atoms with E-state index < -0.39 is 12.0 Å². The zero-order chi connectivity index (χ0) is 14.3. The van der Waals surface area contributed by atoms with Crippen LogP contribution in [-0.2, 0) is 4.79 Å². The zero-order valence-corrected chi connectivity index (χ0v) is 11.0. The van der Waals surface area contributed by atoms with E-state index in [4.69, 9.17) is 4.42 Å². The molecule has 0 radical (unpaired) electrons. The second kappa shape index (κ2) is 7.55. The smallest absolute Gasteiger partial charge is 0.287 e. The van der Waals surface area contributed by atoms with E-state index in [1.807, 2.05) is 19.0 Å². The van der Waals surface area contributed by atoms with Crippen molar-refractivity contribution < 1.29 is 19.1 Å². The maximum absolute atomic E-state index is 11.5. The fourth-order valence-corrected chi connectivity index (χ4v) is 1.44. The number of nitrogens with one attached hydrogen (secondary N) is 2. The second-order valence-corrected chi connectivity index (χ2v) is 4.38. The van der Waals surface area contributed by atoms with Crippen molar-refractivity contribution in [2.75, 3.05) is 33.7 Å². The lowest BCUT2D eigenvalue weighted by atomic mass is 10.3. The van der Waals surface area contributed by atoms with Crippen LogP contribution in [0.4, 0.5) is 0 Å². The highest BCUT2D eigenvalue weighted by Gasteiger charge is 2.11. The van der Waals surface area contributed by atoms with Crippen LogP contribution >= 0.6 is 0 Å². The van der Waals surface area contributed by atoms with Gasteiger partial charge in [0.1, 0.15) is 0 Å². The summed E-state index contributed by atoms with van der Waals surface area (Å²) in [6, 6.07) is 3.10. The van der Waals surface area contributed by atoms with Gasteiger partial charge in [0.15, 0.2) is 5.76 Å². The molecule has 0 fully saturated rings. The summed E-state index contributed by atoms with van der Waals surface area (Å²) in [7, 11) is 3.66. The van der Waals surface area contributed by atoms with Crippen LogP contribution in [0.5, 0.6) is 0 Å². The van der Waals surface area contributed by atoms with Crippen LogP contribution in [0.2, 0.25) is 0 Å². The van der Waals surface area contributed by atoms with Crippen LogP contribution < -0.4 is 10.6 Å². The molecule has 3 N–H and O–H groups in total. The van der Waals surface area contributed by atoms with Gasteiger partial charge in [-0.1, -0.05) is 0 Å². The van der Waals surface area contributed by atoms with E-state index in [0.29, 0.717) is 6.54 Å². The topological polar surface area (TPSA) is 94.8 Å². The van der Waals surface area contributed by atoms with Crippen LogP contribution in [0.25, 0.3) is 0 Å². The first-order chi connectivity index (χ1) is 8.99.